The Kier molecular flexibility index (Phi) is 16.6. The summed E-state index contributed by atoms with van der Waals surface area (Å²) < 4.78 is 5.79. The molecule has 0 heterocycles. The molecule has 39 heavy (non-hydrogen) atoms. The zero-order chi connectivity index (χ0) is 29.1. The first-order valence-electron chi connectivity index (χ1n) is 14.9. The molecule has 0 saturated carbocycles. The van der Waals surface area contributed by atoms with Crippen LogP contribution in [0.1, 0.15) is 99.0 Å². The molecule has 214 valence electrons. The number of rotatable bonds is 12. The molecule has 1 aromatic rings. The molecular weight excluding hydrogens is 478 g/mol. The SMILES string of the molecule is C=C(O)C(C)(C)Oc1ccc(CCCC=NC2=CC3=CC=CC=CC3C=C2C)cc1.CC.CCCCCCC. The molecule has 0 bridgehead atoms. The third kappa shape index (κ3) is 13.0. The maximum atomic E-state index is 9.59. The third-order valence-corrected chi connectivity index (χ3v) is 6.58. The van der Waals surface area contributed by atoms with Gasteiger partial charge in [-0.15, -0.1) is 0 Å². The number of fused-ring (bicyclic) bond motifs is 1. The summed E-state index contributed by atoms with van der Waals surface area (Å²) in [4.78, 5) is 4.71. The molecule has 0 aromatic heterocycles. The summed E-state index contributed by atoms with van der Waals surface area (Å²) in [5.41, 5.74) is 4.03. The lowest BCUT2D eigenvalue weighted by molar-refractivity contribution is 0.0974. The van der Waals surface area contributed by atoms with E-state index in [2.05, 4.69) is 82.0 Å². The Bertz CT molecular complexity index is 1030. The standard InChI is InChI=1S/C27H31NO2.C7H16.C2H6/c1-20-18-23-11-6-5-7-12-24(23)19-26(20)28-17-9-8-10-22-13-15-25(16-14-22)30-27(3,4)21(2)29;1-3-5-7-6-4-2;1-2/h5-7,11-19,23,29H,2,8-10H2,1,3-4H3;3-7H2,1-2H3;1-2H3. The summed E-state index contributed by atoms with van der Waals surface area (Å²) in [5.74, 6) is 1.09. The fourth-order valence-electron chi connectivity index (χ4n) is 4.01. The van der Waals surface area contributed by atoms with Gasteiger partial charge < -0.3 is 9.84 Å². The van der Waals surface area contributed by atoms with Crippen molar-refractivity contribution >= 4 is 6.21 Å². The van der Waals surface area contributed by atoms with Crippen molar-refractivity contribution in [2.24, 2.45) is 10.9 Å². The van der Waals surface area contributed by atoms with Crippen molar-refractivity contribution in [3.63, 3.8) is 0 Å². The van der Waals surface area contributed by atoms with Crippen LogP contribution in [0.4, 0.5) is 0 Å². The van der Waals surface area contributed by atoms with Crippen LogP contribution in [0.5, 0.6) is 5.75 Å². The van der Waals surface area contributed by atoms with Crippen molar-refractivity contribution in [2.75, 3.05) is 0 Å². The summed E-state index contributed by atoms with van der Waals surface area (Å²) in [6.45, 7) is 17.8. The second kappa shape index (κ2) is 19.1. The molecular formula is C36H53NO2. The highest BCUT2D eigenvalue weighted by atomic mass is 16.5. The van der Waals surface area contributed by atoms with Gasteiger partial charge in [-0.3, -0.25) is 4.99 Å². The maximum absolute atomic E-state index is 9.59. The fraction of sp³-hybridized carbons (Fsp3) is 0.472. The lowest BCUT2D eigenvalue weighted by Crippen LogP contribution is -2.30. The van der Waals surface area contributed by atoms with E-state index in [0.717, 1.165) is 30.7 Å². The molecule has 1 unspecified atom stereocenters. The zero-order valence-corrected chi connectivity index (χ0v) is 25.7. The molecule has 0 spiro atoms. The molecule has 1 atom stereocenters. The van der Waals surface area contributed by atoms with Gasteiger partial charge in [0.15, 0.2) is 5.60 Å². The Morgan fingerprint density at radius 1 is 1.00 bits per heavy atom. The third-order valence-electron chi connectivity index (χ3n) is 6.58. The zero-order valence-electron chi connectivity index (χ0n) is 25.7. The van der Waals surface area contributed by atoms with Gasteiger partial charge in [0.2, 0.25) is 0 Å². The van der Waals surface area contributed by atoms with E-state index >= 15 is 0 Å². The van der Waals surface area contributed by atoms with E-state index in [4.69, 9.17) is 9.73 Å². The van der Waals surface area contributed by atoms with E-state index in [1.165, 1.54) is 48.8 Å². The predicted molar refractivity (Wildman–Crippen MR) is 172 cm³/mol. The van der Waals surface area contributed by atoms with Crippen molar-refractivity contribution in [1.82, 2.24) is 0 Å². The van der Waals surface area contributed by atoms with Gasteiger partial charge in [-0.25, -0.2) is 0 Å². The molecule has 1 N–H and O–H groups in total. The number of ether oxygens (including phenoxy) is 1. The van der Waals surface area contributed by atoms with Gasteiger partial charge in [-0.05, 0) is 75.0 Å². The van der Waals surface area contributed by atoms with Crippen LogP contribution in [0.25, 0.3) is 0 Å². The second-order valence-corrected chi connectivity index (χ2v) is 10.3. The fourth-order valence-corrected chi connectivity index (χ4v) is 4.01. The van der Waals surface area contributed by atoms with Crippen LogP contribution >= 0.6 is 0 Å². The van der Waals surface area contributed by atoms with Gasteiger partial charge in [0.25, 0.3) is 0 Å². The molecule has 0 saturated heterocycles. The first-order chi connectivity index (χ1) is 18.8. The molecule has 1 aromatic carbocycles. The largest absolute Gasteiger partial charge is 0.509 e. The Balaban J connectivity index is 0.000000735. The van der Waals surface area contributed by atoms with Gasteiger partial charge in [-0.2, -0.15) is 0 Å². The Labute approximate surface area is 239 Å². The predicted octanol–water partition coefficient (Wildman–Crippen LogP) is 10.8. The van der Waals surface area contributed by atoms with Crippen molar-refractivity contribution in [3.05, 3.63) is 102 Å². The van der Waals surface area contributed by atoms with Gasteiger partial charge in [0, 0.05) is 12.1 Å². The van der Waals surface area contributed by atoms with Crippen LogP contribution in [0.2, 0.25) is 0 Å². The average Bonchev–Trinajstić information content (AvgIpc) is 3.16. The summed E-state index contributed by atoms with van der Waals surface area (Å²) in [6.07, 6.45) is 27.1. The van der Waals surface area contributed by atoms with E-state index in [-0.39, 0.29) is 5.76 Å². The molecule has 2 aliphatic carbocycles. The first kappa shape index (κ1) is 34.0. The lowest BCUT2D eigenvalue weighted by Gasteiger charge is -2.25. The average molecular weight is 532 g/mol. The van der Waals surface area contributed by atoms with E-state index in [9.17, 15) is 5.11 Å². The van der Waals surface area contributed by atoms with Crippen LogP contribution < -0.4 is 4.74 Å². The highest BCUT2D eigenvalue weighted by Crippen LogP contribution is 2.30. The van der Waals surface area contributed by atoms with E-state index in [1.54, 1.807) is 13.8 Å². The number of benzene rings is 1. The molecule has 0 aliphatic heterocycles. The van der Waals surface area contributed by atoms with Crippen molar-refractivity contribution in [1.29, 1.82) is 0 Å². The van der Waals surface area contributed by atoms with Crippen LogP contribution in [0, 0.1) is 5.92 Å². The van der Waals surface area contributed by atoms with Gasteiger partial charge in [-0.1, -0.05) is 115 Å². The molecule has 3 heteroatoms. The first-order valence-corrected chi connectivity index (χ1v) is 14.9. The van der Waals surface area contributed by atoms with Crippen molar-refractivity contribution in [3.8, 4) is 5.75 Å². The van der Waals surface area contributed by atoms with Crippen LogP contribution in [-0.2, 0) is 6.42 Å². The summed E-state index contributed by atoms with van der Waals surface area (Å²) in [5, 5.41) is 9.59. The highest BCUT2D eigenvalue weighted by Gasteiger charge is 2.23. The number of unbranched alkanes of at least 4 members (excludes halogenated alkanes) is 5. The van der Waals surface area contributed by atoms with Crippen molar-refractivity contribution in [2.45, 2.75) is 105 Å². The number of hydrogen-bond acceptors (Lipinski definition) is 3. The number of allylic oxidation sites excluding steroid dienone is 9. The lowest BCUT2D eigenvalue weighted by atomic mass is 9.89. The van der Waals surface area contributed by atoms with Crippen LogP contribution in [0.15, 0.2) is 101 Å². The van der Waals surface area contributed by atoms with Crippen molar-refractivity contribution < 1.29 is 9.84 Å². The molecule has 3 rings (SSSR count). The number of aryl methyl sites for hydroxylation is 1. The minimum absolute atomic E-state index is 0.0165. The molecule has 3 nitrogen and oxygen atoms in total. The molecule has 0 radical (unpaired) electrons. The van der Waals surface area contributed by atoms with E-state index in [1.807, 2.05) is 32.2 Å². The normalized spacial score (nSPS) is 16.0. The molecule has 2 aliphatic rings. The smallest absolute Gasteiger partial charge is 0.159 e. The Morgan fingerprint density at radius 3 is 2.28 bits per heavy atom. The van der Waals surface area contributed by atoms with Crippen LogP contribution in [-0.4, -0.2) is 16.9 Å². The number of hydrogen-bond donors (Lipinski definition) is 1. The van der Waals surface area contributed by atoms with E-state index < -0.39 is 5.60 Å². The minimum Gasteiger partial charge on any atom is -0.509 e. The minimum atomic E-state index is -0.794. The van der Waals surface area contributed by atoms with Crippen LogP contribution in [0.3, 0.4) is 0 Å². The number of nitrogens with zero attached hydrogens (tertiary/aromatic N) is 1. The Hall–Kier alpha value is -3.07. The monoisotopic (exact) mass is 531 g/mol. The number of aliphatic hydroxyl groups excluding tert-OH is 1. The second-order valence-electron chi connectivity index (χ2n) is 10.3. The van der Waals surface area contributed by atoms with Gasteiger partial charge in [0.1, 0.15) is 11.5 Å². The number of aliphatic imine (C=N–C) groups is 1. The topological polar surface area (TPSA) is 41.8 Å². The number of aliphatic hydroxyl groups is 1. The molecule has 0 fully saturated rings. The molecule has 0 amide bonds. The Morgan fingerprint density at radius 2 is 1.67 bits per heavy atom. The quantitative estimate of drug-likeness (QED) is 0.165. The van der Waals surface area contributed by atoms with Gasteiger partial charge >= 0.3 is 0 Å². The summed E-state index contributed by atoms with van der Waals surface area (Å²) in [6, 6.07) is 8.02. The summed E-state index contributed by atoms with van der Waals surface area (Å²) in [7, 11) is 0. The maximum Gasteiger partial charge on any atom is 0.159 e. The van der Waals surface area contributed by atoms with E-state index in [0.29, 0.717) is 5.92 Å². The van der Waals surface area contributed by atoms with Gasteiger partial charge in [0.05, 0.1) is 5.70 Å². The highest BCUT2D eigenvalue weighted by molar-refractivity contribution is 5.62. The summed E-state index contributed by atoms with van der Waals surface area (Å²) >= 11 is 0.